The summed E-state index contributed by atoms with van der Waals surface area (Å²) in [5, 5.41) is 3.50. The first-order chi connectivity index (χ1) is 8.90. The number of aromatic nitrogens is 1. The van der Waals surface area contributed by atoms with E-state index in [0.29, 0.717) is 0 Å². The maximum atomic E-state index is 2.41. The first kappa shape index (κ1) is 10.4. The molecule has 3 aromatic rings. The predicted octanol–water partition coefficient (Wildman–Crippen LogP) is 4.78. The van der Waals surface area contributed by atoms with Crippen molar-refractivity contribution < 1.29 is 0 Å². The summed E-state index contributed by atoms with van der Waals surface area (Å²) >= 11 is 1.81. The van der Waals surface area contributed by atoms with Crippen molar-refractivity contribution in [3.8, 4) is 10.4 Å². The molecule has 2 heterocycles. The van der Waals surface area contributed by atoms with E-state index in [1.807, 2.05) is 0 Å². The fraction of sp³-hybridized carbons (Fsp3) is 0.250. The summed E-state index contributed by atoms with van der Waals surface area (Å²) < 4.78 is 2.41. The summed E-state index contributed by atoms with van der Waals surface area (Å²) in [4.78, 5) is 1.35. The van der Waals surface area contributed by atoms with Gasteiger partial charge in [-0.2, -0.15) is 0 Å². The smallest absolute Gasteiger partial charge is 0.0480 e. The number of hydrogen-bond donors (Lipinski definition) is 0. The summed E-state index contributed by atoms with van der Waals surface area (Å²) in [6.45, 7) is 1.20. The van der Waals surface area contributed by atoms with Gasteiger partial charge >= 0.3 is 0 Å². The summed E-state index contributed by atoms with van der Waals surface area (Å²) in [6.07, 6.45) is 5.06. The van der Waals surface area contributed by atoms with E-state index in [1.165, 1.54) is 40.7 Å². The van der Waals surface area contributed by atoms with Gasteiger partial charge in [-0.15, -0.1) is 11.3 Å². The normalized spacial score (nSPS) is 15.3. The van der Waals surface area contributed by atoms with Crippen molar-refractivity contribution in [2.75, 3.05) is 0 Å². The van der Waals surface area contributed by atoms with E-state index in [0.717, 1.165) is 5.92 Å². The molecule has 0 unspecified atom stereocenters. The quantitative estimate of drug-likeness (QED) is 0.633. The van der Waals surface area contributed by atoms with Crippen molar-refractivity contribution in [2.24, 2.45) is 5.92 Å². The van der Waals surface area contributed by atoms with Crippen molar-refractivity contribution in [1.29, 1.82) is 0 Å². The largest absolute Gasteiger partial charge is 0.347 e. The van der Waals surface area contributed by atoms with Gasteiger partial charge in [-0.25, -0.2) is 0 Å². The average Bonchev–Trinajstić information content (AvgIpc) is 2.92. The third kappa shape index (κ3) is 1.77. The Bertz CT molecular complexity index is 674. The van der Waals surface area contributed by atoms with Crippen LogP contribution in [-0.4, -0.2) is 4.57 Å². The summed E-state index contributed by atoms with van der Waals surface area (Å²) in [5.74, 6) is 0.928. The predicted molar refractivity (Wildman–Crippen MR) is 78.0 cm³/mol. The van der Waals surface area contributed by atoms with Crippen LogP contribution < -0.4 is 0 Å². The lowest BCUT2D eigenvalue weighted by Crippen LogP contribution is -1.96. The monoisotopic (exact) mass is 253 g/mol. The molecular weight excluding hydrogens is 238 g/mol. The first-order valence-corrected chi connectivity index (χ1v) is 7.41. The standard InChI is InChI=1S/C16H15NS/c1-2-16(18-9-1)14-5-6-15-13(10-14)7-8-17(15)11-12-3-4-12/h1-2,5-10,12H,3-4,11H2. The Morgan fingerprint density at radius 1 is 1.17 bits per heavy atom. The van der Waals surface area contributed by atoms with E-state index in [2.05, 4.69) is 52.5 Å². The van der Waals surface area contributed by atoms with Gasteiger partial charge in [0.25, 0.3) is 0 Å². The van der Waals surface area contributed by atoms with E-state index in [4.69, 9.17) is 0 Å². The fourth-order valence-electron chi connectivity index (χ4n) is 2.53. The number of rotatable bonds is 3. The molecule has 0 aliphatic heterocycles. The molecule has 1 aliphatic carbocycles. The molecule has 0 N–H and O–H groups in total. The zero-order valence-corrected chi connectivity index (χ0v) is 11.0. The molecule has 1 aliphatic rings. The van der Waals surface area contributed by atoms with Gasteiger partial charge in [-0.1, -0.05) is 12.1 Å². The third-order valence-electron chi connectivity index (χ3n) is 3.73. The van der Waals surface area contributed by atoms with E-state index < -0.39 is 0 Å². The van der Waals surface area contributed by atoms with Crippen LogP contribution in [0.2, 0.25) is 0 Å². The second-order valence-corrected chi connectivity index (χ2v) is 6.11. The number of thiophene rings is 1. The molecule has 0 atom stereocenters. The van der Waals surface area contributed by atoms with E-state index in [1.54, 1.807) is 11.3 Å². The number of nitrogens with zero attached hydrogens (tertiary/aromatic N) is 1. The highest BCUT2D eigenvalue weighted by atomic mass is 32.1. The molecule has 1 saturated carbocycles. The maximum absolute atomic E-state index is 2.41. The molecule has 2 aromatic heterocycles. The van der Waals surface area contributed by atoms with Gasteiger partial charge in [0, 0.05) is 28.5 Å². The Kier molecular flexibility index (Phi) is 2.30. The van der Waals surface area contributed by atoms with Crippen LogP contribution in [0.3, 0.4) is 0 Å². The lowest BCUT2D eigenvalue weighted by Gasteiger charge is -2.04. The first-order valence-electron chi connectivity index (χ1n) is 6.53. The highest BCUT2D eigenvalue weighted by Gasteiger charge is 2.21. The molecule has 0 bridgehead atoms. The van der Waals surface area contributed by atoms with Crippen molar-refractivity contribution in [3.05, 3.63) is 48.0 Å². The zero-order chi connectivity index (χ0) is 11.9. The van der Waals surface area contributed by atoms with Crippen molar-refractivity contribution in [1.82, 2.24) is 4.57 Å². The van der Waals surface area contributed by atoms with Crippen LogP contribution in [-0.2, 0) is 6.54 Å². The molecule has 18 heavy (non-hydrogen) atoms. The van der Waals surface area contributed by atoms with Crippen LogP contribution in [0.15, 0.2) is 48.0 Å². The SMILES string of the molecule is c1csc(-c2ccc3c(ccn3CC3CC3)c2)c1. The number of hydrogen-bond acceptors (Lipinski definition) is 1. The van der Waals surface area contributed by atoms with Gasteiger partial charge in [0.1, 0.15) is 0 Å². The molecule has 0 saturated heterocycles. The summed E-state index contributed by atoms with van der Waals surface area (Å²) in [7, 11) is 0. The molecule has 90 valence electrons. The van der Waals surface area contributed by atoms with Gasteiger partial charge < -0.3 is 4.57 Å². The van der Waals surface area contributed by atoms with Crippen molar-refractivity contribution in [3.63, 3.8) is 0 Å². The van der Waals surface area contributed by atoms with Gasteiger partial charge in [0.05, 0.1) is 0 Å². The fourth-order valence-corrected chi connectivity index (χ4v) is 3.26. The minimum absolute atomic E-state index is 0.928. The molecule has 0 radical (unpaired) electrons. The second kappa shape index (κ2) is 3.99. The summed E-state index contributed by atoms with van der Waals surface area (Å²) in [5.41, 5.74) is 2.71. The Labute approximate surface area is 111 Å². The van der Waals surface area contributed by atoms with E-state index in [-0.39, 0.29) is 0 Å². The second-order valence-electron chi connectivity index (χ2n) is 5.16. The van der Waals surface area contributed by atoms with Crippen LogP contribution >= 0.6 is 11.3 Å². The topological polar surface area (TPSA) is 4.93 Å². The van der Waals surface area contributed by atoms with Gasteiger partial charge in [-0.3, -0.25) is 0 Å². The minimum Gasteiger partial charge on any atom is -0.347 e. The van der Waals surface area contributed by atoms with Gasteiger partial charge in [0.2, 0.25) is 0 Å². The van der Waals surface area contributed by atoms with Crippen LogP contribution in [0, 0.1) is 5.92 Å². The molecule has 0 spiro atoms. The van der Waals surface area contributed by atoms with Crippen molar-refractivity contribution >= 4 is 22.2 Å². The molecule has 2 heteroatoms. The van der Waals surface area contributed by atoms with E-state index in [9.17, 15) is 0 Å². The van der Waals surface area contributed by atoms with Crippen LogP contribution in [0.5, 0.6) is 0 Å². The zero-order valence-electron chi connectivity index (χ0n) is 10.2. The van der Waals surface area contributed by atoms with Crippen LogP contribution in [0.25, 0.3) is 21.3 Å². The number of benzene rings is 1. The lowest BCUT2D eigenvalue weighted by molar-refractivity contribution is 0.647. The molecule has 0 amide bonds. The minimum atomic E-state index is 0.928. The Hall–Kier alpha value is -1.54. The highest BCUT2D eigenvalue weighted by Crippen LogP contribution is 2.33. The molecule has 1 aromatic carbocycles. The number of fused-ring (bicyclic) bond motifs is 1. The van der Waals surface area contributed by atoms with Crippen LogP contribution in [0.4, 0.5) is 0 Å². The Morgan fingerprint density at radius 3 is 2.89 bits per heavy atom. The molecule has 1 nitrogen and oxygen atoms in total. The molecule has 1 fully saturated rings. The molecule has 4 rings (SSSR count). The summed E-state index contributed by atoms with van der Waals surface area (Å²) in [6, 6.07) is 13.4. The highest BCUT2D eigenvalue weighted by molar-refractivity contribution is 7.13. The van der Waals surface area contributed by atoms with E-state index >= 15 is 0 Å². The van der Waals surface area contributed by atoms with Crippen molar-refractivity contribution in [2.45, 2.75) is 19.4 Å². The average molecular weight is 253 g/mol. The lowest BCUT2D eigenvalue weighted by atomic mass is 10.1. The Balaban J connectivity index is 1.77. The Morgan fingerprint density at radius 2 is 2.11 bits per heavy atom. The maximum Gasteiger partial charge on any atom is 0.0480 e. The van der Waals surface area contributed by atoms with Gasteiger partial charge in [0.15, 0.2) is 0 Å². The third-order valence-corrected chi connectivity index (χ3v) is 4.65. The molecular formula is C16H15NS. The van der Waals surface area contributed by atoms with Gasteiger partial charge in [-0.05, 0) is 54.0 Å². The van der Waals surface area contributed by atoms with Crippen LogP contribution in [0.1, 0.15) is 12.8 Å².